The lowest BCUT2D eigenvalue weighted by atomic mass is 9.99. The molecule has 2 aromatic carbocycles. The normalized spacial score (nSPS) is 10.9. The van der Waals surface area contributed by atoms with Crippen molar-refractivity contribution in [1.82, 2.24) is 4.98 Å². The number of benzene rings is 2. The molecule has 0 fully saturated rings. The van der Waals surface area contributed by atoms with E-state index < -0.39 is 11.8 Å². The molecule has 3 rings (SSSR count). The minimum absolute atomic E-state index is 0.140. The molecule has 0 atom stereocenters. The van der Waals surface area contributed by atoms with E-state index in [0.29, 0.717) is 22.2 Å². The summed E-state index contributed by atoms with van der Waals surface area (Å²) >= 11 is 0. The third kappa shape index (κ3) is 2.33. The number of aryl methyl sites for hydroxylation is 2. The van der Waals surface area contributed by atoms with Crippen molar-refractivity contribution in [2.75, 3.05) is 0 Å². The average molecular weight is 295 g/mol. The number of carbonyl (C=O) groups is 1. The molecule has 0 radical (unpaired) electrons. The number of hydrogen-bond donors (Lipinski definition) is 1. The van der Waals surface area contributed by atoms with Gasteiger partial charge in [0.25, 0.3) is 0 Å². The first-order chi connectivity index (χ1) is 10.5. The second kappa shape index (κ2) is 5.22. The van der Waals surface area contributed by atoms with Gasteiger partial charge in [0.2, 0.25) is 0 Å². The molecule has 22 heavy (non-hydrogen) atoms. The summed E-state index contributed by atoms with van der Waals surface area (Å²) in [6.45, 7) is 3.77. The molecule has 0 aliphatic carbocycles. The van der Waals surface area contributed by atoms with Gasteiger partial charge in [0.1, 0.15) is 5.82 Å². The van der Waals surface area contributed by atoms with E-state index in [1.54, 1.807) is 18.2 Å². The van der Waals surface area contributed by atoms with E-state index >= 15 is 0 Å². The summed E-state index contributed by atoms with van der Waals surface area (Å²) in [6, 6.07) is 11.4. The van der Waals surface area contributed by atoms with Crippen LogP contribution >= 0.6 is 0 Å². The molecule has 0 saturated carbocycles. The summed E-state index contributed by atoms with van der Waals surface area (Å²) in [5.41, 5.74) is 3.16. The topological polar surface area (TPSA) is 50.2 Å². The minimum Gasteiger partial charge on any atom is -0.478 e. The molecule has 0 bridgehead atoms. The van der Waals surface area contributed by atoms with Crippen molar-refractivity contribution in [2.24, 2.45) is 0 Å². The van der Waals surface area contributed by atoms with Crippen LogP contribution in [0.1, 0.15) is 21.5 Å². The van der Waals surface area contributed by atoms with Crippen LogP contribution in [0.2, 0.25) is 0 Å². The Balaban J connectivity index is 2.40. The molecule has 1 N–H and O–H groups in total. The average Bonchev–Trinajstić information content (AvgIpc) is 2.46. The highest BCUT2D eigenvalue weighted by atomic mass is 19.1. The Labute approximate surface area is 127 Å². The van der Waals surface area contributed by atoms with E-state index in [1.807, 2.05) is 26.0 Å². The lowest BCUT2D eigenvalue weighted by Gasteiger charge is -2.11. The van der Waals surface area contributed by atoms with Crippen molar-refractivity contribution in [1.29, 1.82) is 0 Å². The van der Waals surface area contributed by atoms with Crippen LogP contribution in [0, 0.1) is 19.7 Å². The zero-order chi connectivity index (χ0) is 15.9. The second-order valence-corrected chi connectivity index (χ2v) is 5.32. The smallest absolute Gasteiger partial charge is 0.336 e. The second-order valence-electron chi connectivity index (χ2n) is 5.32. The Kier molecular flexibility index (Phi) is 3.37. The summed E-state index contributed by atoms with van der Waals surface area (Å²) in [5.74, 6) is -1.47. The largest absolute Gasteiger partial charge is 0.478 e. The molecule has 0 unspecified atom stereocenters. The number of carboxylic acids is 1. The van der Waals surface area contributed by atoms with E-state index in [2.05, 4.69) is 4.98 Å². The van der Waals surface area contributed by atoms with Crippen LogP contribution in [0.5, 0.6) is 0 Å². The van der Waals surface area contributed by atoms with Crippen LogP contribution in [-0.4, -0.2) is 16.1 Å². The third-order valence-electron chi connectivity index (χ3n) is 3.63. The fourth-order valence-corrected chi connectivity index (χ4v) is 2.73. The van der Waals surface area contributed by atoms with Crippen molar-refractivity contribution >= 4 is 16.9 Å². The number of nitrogens with zero attached hydrogens (tertiary/aromatic N) is 1. The molecular weight excluding hydrogens is 281 g/mol. The summed E-state index contributed by atoms with van der Waals surface area (Å²) in [4.78, 5) is 16.1. The molecule has 3 aromatic rings. The van der Waals surface area contributed by atoms with Gasteiger partial charge in [-0.15, -0.1) is 0 Å². The van der Waals surface area contributed by atoms with Gasteiger partial charge in [0.15, 0.2) is 0 Å². The zero-order valence-corrected chi connectivity index (χ0v) is 12.2. The lowest BCUT2D eigenvalue weighted by molar-refractivity contribution is 0.0699. The highest BCUT2D eigenvalue weighted by molar-refractivity contribution is 6.05. The summed E-state index contributed by atoms with van der Waals surface area (Å²) in [5, 5.41) is 10.1. The number of rotatable bonds is 2. The molecule has 1 aromatic heterocycles. The predicted octanol–water partition coefficient (Wildman–Crippen LogP) is 4.36. The van der Waals surface area contributed by atoms with Crippen LogP contribution < -0.4 is 0 Å². The zero-order valence-electron chi connectivity index (χ0n) is 12.2. The van der Waals surface area contributed by atoms with E-state index in [4.69, 9.17) is 0 Å². The fourth-order valence-electron chi connectivity index (χ4n) is 2.73. The monoisotopic (exact) mass is 295 g/mol. The first kappa shape index (κ1) is 14.2. The quantitative estimate of drug-likeness (QED) is 0.764. The summed E-state index contributed by atoms with van der Waals surface area (Å²) in [7, 11) is 0. The molecule has 110 valence electrons. The molecule has 0 aliphatic rings. The number of pyridine rings is 1. The molecule has 3 nitrogen and oxygen atoms in total. The number of carboxylic acid groups (broad SMARTS) is 1. The minimum atomic E-state index is -1.04. The first-order valence-corrected chi connectivity index (χ1v) is 6.87. The van der Waals surface area contributed by atoms with E-state index in [0.717, 1.165) is 11.1 Å². The maximum absolute atomic E-state index is 14.0. The van der Waals surface area contributed by atoms with E-state index in [9.17, 15) is 14.3 Å². The van der Waals surface area contributed by atoms with Gasteiger partial charge < -0.3 is 5.11 Å². The molecule has 0 aliphatic heterocycles. The summed E-state index contributed by atoms with van der Waals surface area (Å²) < 4.78 is 14.0. The van der Waals surface area contributed by atoms with Crippen LogP contribution in [-0.2, 0) is 0 Å². The number of hydrogen-bond acceptors (Lipinski definition) is 2. The number of fused-ring (bicyclic) bond motifs is 1. The molecule has 0 saturated heterocycles. The van der Waals surface area contributed by atoms with Crippen LogP contribution in [0.25, 0.3) is 22.2 Å². The molecular formula is C18H14FNO2. The Hall–Kier alpha value is -2.75. The number of aromatic nitrogens is 1. The third-order valence-corrected chi connectivity index (χ3v) is 3.63. The maximum Gasteiger partial charge on any atom is 0.336 e. The van der Waals surface area contributed by atoms with Gasteiger partial charge in [-0.25, -0.2) is 14.2 Å². The Morgan fingerprint density at radius 2 is 1.86 bits per heavy atom. The Bertz CT molecular complexity index is 903. The Morgan fingerprint density at radius 3 is 2.55 bits per heavy atom. The Morgan fingerprint density at radius 1 is 1.14 bits per heavy atom. The van der Waals surface area contributed by atoms with Gasteiger partial charge in [0, 0.05) is 10.9 Å². The van der Waals surface area contributed by atoms with Gasteiger partial charge in [-0.05, 0) is 49.2 Å². The SMILES string of the molecule is Cc1cc(C)c2c(C(=O)O)cc(-c3ccccc3F)nc2c1. The van der Waals surface area contributed by atoms with Crippen molar-refractivity contribution in [2.45, 2.75) is 13.8 Å². The standard InChI is InChI=1S/C18H14FNO2/c1-10-7-11(2)17-13(18(21)22)9-15(20-16(17)8-10)12-5-3-4-6-14(12)19/h3-9H,1-2H3,(H,21,22). The van der Waals surface area contributed by atoms with Gasteiger partial charge >= 0.3 is 5.97 Å². The number of aromatic carboxylic acids is 1. The van der Waals surface area contributed by atoms with Crippen molar-refractivity contribution in [3.8, 4) is 11.3 Å². The fraction of sp³-hybridized carbons (Fsp3) is 0.111. The van der Waals surface area contributed by atoms with E-state index in [-0.39, 0.29) is 5.56 Å². The molecule has 0 spiro atoms. The van der Waals surface area contributed by atoms with Gasteiger partial charge in [-0.3, -0.25) is 0 Å². The van der Waals surface area contributed by atoms with Gasteiger partial charge in [-0.2, -0.15) is 0 Å². The maximum atomic E-state index is 14.0. The lowest BCUT2D eigenvalue weighted by Crippen LogP contribution is -2.02. The molecule has 0 amide bonds. The van der Waals surface area contributed by atoms with Gasteiger partial charge in [-0.1, -0.05) is 18.2 Å². The van der Waals surface area contributed by atoms with Crippen LogP contribution in [0.4, 0.5) is 4.39 Å². The van der Waals surface area contributed by atoms with E-state index in [1.165, 1.54) is 12.1 Å². The van der Waals surface area contributed by atoms with Crippen molar-refractivity contribution in [3.05, 3.63) is 65.0 Å². The van der Waals surface area contributed by atoms with Crippen LogP contribution in [0.15, 0.2) is 42.5 Å². The predicted molar refractivity (Wildman–Crippen MR) is 83.6 cm³/mol. The van der Waals surface area contributed by atoms with Crippen LogP contribution in [0.3, 0.4) is 0 Å². The highest BCUT2D eigenvalue weighted by Crippen LogP contribution is 2.29. The summed E-state index contributed by atoms with van der Waals surface area (Å²) in [6.07, 6.45) is 0. The van der Waals surface area contributed by atoms with Crippen molar-refractivity contribution in [3.63, 3.8) is 0 Å². The van der Waals surface area contributed by atoms with Crippen molar-refractivity contribution < 1.29 is 14.3 Å². The number of halogens is 1. The van der Waals surface area contributed by atoms with Gasteiger partial charge in [0.05, 0.1) is 16.8 Å². The molecule has 4 heteroatoms. The molecule has 1 heterocycles. The highest BCUT2D eigenvalue weighted by Gasteiger charge is 2.16. The first-order valence-electron chi connectivity index (χ1n) is 6.87.